The Balaban J connectivity index is 1.56. The van der Waals surface area contributed by atoms with Crippen LogP contribution in [0.2, 0.25) is 5.02 Å². The maximum Gasteiger partial charge on any atom is 0.255 e. The number of rotatable bonds is 5. The third kappa shape index (κ3) is 5.43. The number of morpholine rings is 1. The first-order valence-corrected chi connectivity index (χ1v) is 10.1. The summed E-state index contributed by atoms with van der Waals surface area (Å²) in [5.41, 5.74) is 1.08. The van der Waals surface area contributed by atoms with Crippen LogP contribution in [0.15, 0.2) is 18.2 Å². The summed E-state index contributed by atoms with van der Waals surface area (Å²) in [6.07, 6.45) is 2.83. The number of ether oxygens (including phenoxy) is 1. The average Bonchev–Trinajstić information content (AvgIpc) is 2.69. The fourth-order valence-corrected chi connectivity index (χ4v) is 4.00. The van der Waals surface area contributed by atoms with Crippen molar-refractivity contribution in [3.8, 4) is 0 Å². The zero-order valence-electron chi connectivity index (χ0n) is 15.8. The monoisotopic (exact) mass is 393 g/mol. The van der Waals surface area contributed by atoms with Gasteiger partial charge < -0.3 is 20.3 Å². The number of carbonyl (C=O) groups excluding carboxylic acids is 2. The van der Waals surface area contributed by atoms with Crippen LogP contribution in [0.25, 0.3) is 0 Å². The van der Waals surface area contributed by atoms with Gasteiger partial charge in [-0.05, 0) is 56.0 Å². The molecule has 2 heterocycles. The van der Waals surface area contributed by atoms with E-state index in [9.17, 15) is 9.59 Å². The summed E-state index contributed by atoms with van der Waals surface area (Å²) in [5, 5.41) is 6.66. The summed E-state index contributed by atoms with van der Waals surface area (Å²) in [7, 11) is 0. The summed E-state index contributed by atoms with van der Waals surface area (Å²) in [5.74, 6) is 0.757. The number of piperidine rings is 1. The van der Waals surface area contributed by atoms with E-state index in [4.69, 9.17) is 16.3 Å². The van der Waals surface area contributed by atoms with Gasteiger partial charge in [-0.3, -0.25) is 9.59 Å². The zero-order valence-corrected chi connectivity index (χ0v) is 16.6. The zero-order chi connectivity index (χ0) is 19.2. The Hall–Kier alpha value is -1.63. The molecule has 2 N–H and O–H groups in total. The van der Waals surface area contributed by atoms with Crippen LogP contribution in [0.1, 0.15) is 36.5 Å². The second-order valence-electron chi connectivity index (χ2n) is 7.44. The molecule has 0 saturated carbocycles. The molecule has 2 aliphatic rings. The number of hydrogen-bond donors (Lipinski definition) is 2. The summed E-state index contributed by atoms with van der Waals surface area (Å²) in [6.45, 7) is 6.43. The Morgan fingerprint density at radius 3 is 2.81 bits per heavy atom. The minimum Gasteiger partial charge on any atom is -0.378 e. The van der Waals surface area contributed by atoms with Gasteiger partial charge in [-0.1, -0.05) is 18.5 Å². The first kappa shape index (κ1) is 20.1. The molecule has 2 saturated heterocycles. The maximum atomic E-state index is 12.6. The lowest BCUT2D eigenvalue weighted by Crippen LogP contribution is -2.40. The highest BCUT2D eigenvalue weighted by Crippen LogP contribution is 2.25. The molecule has 0 bridgehead atoms. The van der Waals surface area contributed by atoms with E-state index in [1.807, 2.05) is 0 Å². The first-order valence-electron chi connectivity index (χ1n) is 9.71. The van der Waals surface area contributed by atoms with Crippen molar-refractivity contribution in [3.05, 3.63) is 28.8 Å². The van der Waals surface area contributed by atoms with E-state index in [1.165, 1.54) is 12.8 Å². The average molecular weight is 394 g/mol. The predicted molar refractivity (Wildman–Crippen MR) is 106 cm³/mol. The van der Waals surface area contributed by atoms with Crippen molar-refractivity contribution in [2.24, 2.45) is 11.8 Å². The lowest BCUT2D eigenvalue weighted by Gasteiger charge is -2.28. The molecule has 2 aliphatic heterocycles. The van der Waals surface area contributed by atoms with E-state index in [2.05, 4.69) is 17.6 Å². The van der Waals surface area contributed by atoms with Crippen LogP contribution < -0.4 is 10.6 Å². The Morgan fingerprint density at radius 2 is 2.15 bits per heavy atom. The molecule has 0 radical (unpaired) electrons. The fourth-order valence-electron chi connectivity index (χ4n) is 3.74. The maximum absolute atomic E-state index is 12.6. The quantitative estimate of drug-likeness (QED) is 0.807. The molecule has 2 unspecified atom stereocenters. The fraction of sp³-hybridized carbons (Fsp3) is 0.600. The minimum absolute atomic E-state index is 0.0172. The number of nitrogens with one attached hydrogen (secondary N) is 2. The van der Waals surface area contributed by atoms with Crippen LogP contribution in [0.5, 0.6) is 0 Å². The van der Waals surface area contributed by atoms with Crippen molar-refractivity contribution in [1.29, 1.82) is 0 Å². The van der Waals surface area contributed by atoms with Gasteiger partial charge in [0, 0.05) is 25.2 Å². The molecule has 6 nitrogen and oxygen atoms in total. The molecule has 27 heavy (non-hydrogen) atoms. The molecule has 1 aromatic rings. The van der Waals surface area contributed by atoms with Gasteiger partial charge in [0.1, 0.15) is 0 Å². The van der Waals surface area contributed by atoms with Crippen LogP contribution >= 0.6 is 11.6 Å². The third-order valence-corrected chi connectivity index (χ3v) is 5.74. The molecule has 0 aromatic heterocycles. The highest BCUT2D eigenvalue weighted by atomic mass is 35.5. The van der Waals surface area contributed by atoms with Crippen molar-refractivity contribution < 1.29 is 14.3 Å². The molecule has 2 fully saturated rings. The van der Waals surface area contributed by atoms with Crippen LogP contribution in [0, 0.1) is 11.8 Å². The molecule has 2 atom stereocenters. The SMILES string of the molecule is CC(CC(=O)Nc1ccc(C(=O)N2CCOCC2)c(Cl)c1)C1CCCNC1. The predicted octanol–water partition coefficient (Wildman–Crippen LogP) is 2.78. The van der Waals surface area contributed by atoms with Crippen LogP contribution in [0.3, 0.4) is 0 Å². The lowest BCUT2D eigenvalue weighted by molar-refractivity contribution is -0.117. The molecule has 0 aliphatic carbocycles. The molecular formula is C20H28ClN3O3. The number of hydrogen-bond acceptors (Lipinski definition) is 4. The highest BCUT2D eigenvalue weighted by Gasteiger charge is 2.23. The molecule has 148 valence electrons. The van der Waals surface area contributed by atoms with E-state index in [0.717, 1.165) is 13.1 Å². The highest BCUT2D eigenvalue weighted by molar-refractivity contribution is 6.34. The lowest BCUT2D eigenvalue weighted by atomic mass is 9.85. The minimum atomic E-state index is -0.0976. The number of amides is 2. The topological polar surface area (TPSA) is 70.7 Å². The molecule has 1 aromatic carbocycles. The largest absolute Gasteiger partial charge is 0.378 e. The van der Waals surface area contributed by atoms with E-state index in [1.54, 1.807) is 23.1 Å². The van der Waals surface area contributed by atoms with Crippen LogP contribution in [-0.2, 0) is 9.53 Å². The van der Waals surface area contributed by atoms with Gasteiger partial charge in [0.05, 0.1) is 23.8 Å². The Labute approximate surface area is 165 Å². The van der Waals surface area contributed by atoms with Crippen LogP contribution in [-0.4, -0.2) is 56.1 Å². The van der Waals surface area contributed by atoms with E-state index < -0.39 is 0 Å². The van der Waals surface area contributed by atoms with E-state index >= 15 is 0 Å². The summed E-state index contributed by atoms with van der Waals surface area (Å²) < 4.78 is 5.28. The second-order valence-corrected chi connectivity index (χ2v) is 7.84. The van der Waals surface area contributed by atoms with Gasteiger partial charge >= 0.3 is 0 Å². The Morgan fingerprint density at radius 1 is 1.37 bits per heavy atom. The first-order chi connectivity index (χ1) is 13.0. The molecule has 2 amide bonds. The van der Waals surface area contributed by atoms with Crippen molar-refractivity contribution in [2.75, 3.05) is 44.7 Å². The van der Waals surface area contributed by atoms with Crippen molar-refractivity contribution >= 4 is 29.1 Å². The van der Waals surface area contributed by atoms with Crippen molar-refractivity contribution in [2.45, 2.75) is 26.2 Å². The molecular weight excluding hydrogens is 366 g/mol. The Bertz CT molecular complexity index is 670. The van der Waals surface area contributed by atoms with E-state index in [0.29, 0.717) is 60.8 Å². The molecule has 3 rings (SSSR count). The smallest absolute Gasteiger partial charge is 0.255 e. The standard InChI is InChI=1S/C20H28ClN3O3/c1-14(15-3-2-6-22-13-15)11-19(25)23-16-4-5-17(18(21)12-16)20(26)24-7-9-27-10-8-24/h4-5,12,14-15,22H,2-3,6-11,13H2,1H3,(H,23,25). The van der Waals surface area contributed by atoms with Gasteiger partial charge in [0.25, 0.3) is 5.91 Å². The summed E-state index contributed by atoms with van der Waals surface area (Å²) >= 11 is 6.32. The van der Waals surface area contributed by atoms with Crippen molar-refractivity contribution in [1.82, 2.24) is 10.2 Å². The van der Waals surface area contributed by atoms with E-state index in [-0.39, 0.29) is 11.8 Å². The third-order valence-electron chi connectivity index (χ3n) is 5.43. The molecule has 0 spiro atoms. The normalized spacial score (nSPS) is 21.6. The van der Waals surface area contributed by atoms with Gasteiger partial charge in [0.15, 0.2) is 0 Å². The van der Waals surface area contributed by atoms with Gasteiger partial charge in [-0.15, -0.1) is 0 Å². The second kappa shape index (κ2) is 9.53. The van der Waals surface area contributed by atoms with Crippen LogP contribution in [0.4, 0.5) is 5.69 Å². The number of benzene rings is 1. The number of carbonyl (C=O) groups is 2. The van der Waals surface area contributed by atoms with Gasteiger partial charge in [-0.2, -0.15) is 0 Å². The summed E-state index contributed by atoms with van der Waals surface area (Å²) in [6, 6.07) is 5.08. The Kier molecular flexibility index (Phi) is 7.10. The number of anilines is 1. The number of nitrogens with zero attached hydrogens (tertiary/aromatic N) is 1. The van der Waals surface area contributed by atoms with Crippen molar-refractivity contribution in [3.63, 3.8) is 0 Å². The summed E-state index contributed by atoms with van der Waals surface area (Å²) in [4.78, 5) is 26.7. The number of halogens is 1. The molecule has 7 heteroatoms. The van der Waals surface area contributed by atoms with Gasteiger partial charge in [0.2, 0.25) is 5.91 Å². The van der Waals surface area contributed by atoms with Gasteiger partial charge in [-0.25, -0.2) is 0 Å².